The maximum atomic E-state index is 6.81. The van der Waals surface area contributed by atoms with Gasteiger partial charge in [0.05, 0.1) is 0 Å². The van der Waals surface area contributed by atoms with Crippen LogP contribution in [0.3, 0.4) is 0 Å². The van der Waals surface area contributed by atoms with E-state index in [2.05, 4.69) is 196 Å². The van der Waals surface area contributed by atoms with Gasteiger partial charge in [-0.15, -0.1) is 11.3 Å². The van der Waals surface area contributed by atoms with E-state index in [1.165, 1.54) is 119 Å². The quantitative estimate of drug-likeness (QED) is 0.163. The van der Waals surface area contributed by atoms with Gasteiger partial charge in [0.15, 0.2) is 0 Å². The Bertz CT molecular complexity index is 3690. The molecule has 0 atom stereocenters. The fraction of sp³-hybridized carbons (Fsp3) is 0.0526. The number of hydrogen-bond acceptors (Lipinski definition) is 2. The Balaban J connectivity index is 0.975. The highest BCUT2D eigenvalue weighted by atomic mass is 32.1. The highest BCUT2D eigenvalue weighted by Gasteiger charge is 2.36. The Morgan fingerprint density at radius 3 is 1.63 bits per heavy atom. The first-order valence-electron chi connectivity index (χ1n) is 20.5. The Hall–Kier alpha value is -7.00. The lowest BCUT2D eigenvalue weighted by molar-refractivity contribution is 0.658. The first-order valence-corrected chi connectivity index (χ1v) is 21.3. The SMILES string of the molecule is CC1(C)c2ccccc2-c2cc3oc4cc(-c5ccc(-c6c7ccccc7c(-c7ccc8sc9ccccc9c8c7)c7ccccc67)cc5)c5ccccc5c4c3cc21. The summed E-state index contributed by atoms with van der Waals surface area (Å²) in [6.07, 6.45) is 0. The molecule has 0 radical (unpaired) electrons. The monoisotopic (exact) mass is 768 g/mol. The van der Waals surface area contributed by atoms with Crippen molar-refractivity contribution in [2.75, 3.05) is 0 Å². The number of rotatable bonds is 3. The van der Waals surface area contributed by atoms with E-state index in [9.17, 15) is 0 Å². The molecule has 2 heterocycles. The molecule has 1 nitrogen and oxygen atoms in total. The van der Waals surface area contributed by atoms with Crippen LogP contribution in [0.15, 0.2) is 186 Å². The molecule has 0 saturated carbocycles. The topological polar surface area (TPSA) is 13.1 Å². The zero-order chi connectivity index (χ0) is 39.0. The number of hydrogen-bond donors (Lipinski definition) is 0. The summed E-state index contributed by atoms with van der Waals surface area (Å²) in [7, 11) is 0. The summed E-state index contributed by atoms with van der Waals surface area (Å²) in [6.45, 7) is 4.69. The fourth-order valence-electron chi connectivity index (χ4n) is 10.5. The molecule has 0 aliphatic heterocycles. The smallest absolute Gasteiger partial charge is 0.136 e. The van der Waals surface area contributed by atoms with Gasteiger partial charge in [-0.2, -0.15) is 0 Å². The van der Waals surface area contributed by atoms with Gasteiger partial charge in [0.1, 0.15) is 11.2 Å². The first-order chi connectivity index (χ1) is 29.0. The van der Waals surface area contributed by atoms with E-state index in [-0.39, 0.29) is 5.41 Å². The predicted molar refractivity (Wildman–Crippen MR) is 253 cm³/mol. The van der Waals surface area contributed by atoms with Gasteiger partial charge in [-0.05, 0) is 124 Å². The average Bonchev–Trinajstić information content (AvgIpc) is 3.91. The fourth-order valence-corrected chi connectivity index (χ4v) is 11.6. The highest BCUT2D eigenvalue weighted by Crippen LogP contribution is 2.52. The van der Waals surface area contributed by atoms with Crippen LogP contribution in [0.4, 0.5) is 0 Å². The van der Waals surface area contributed by atoms with Crippen LogP contribution < -0.4 is 0 Å². The van der Waals surface area contributed by atoms with Crippen molar-refractivity contribution in [3.05, 3.63) is 193 Å². The summed E-state index contributed by atoms with van der Waals surface area (Å²) in [5.41, 5.74) is 14.5. The van der Waals surface area contributed by atoms with E-state index < -0.39 is 0 Å². The second-order valence-corrected chi connectivity index (χ2v) is 17.8. The van der Waals surface area contributed by atoms with Crippen molar-refractivity contribution >= 4 is 85.8 Å². The maximum Gasteiger partial charge on any atom is 0.136 e. The molecule has 0 N–H and O–H groups in total. The van der Waals surface area contributed by atoms with Gasteiger partial charge < -0.3 is 4.42 Å². The molecule has 59 heavy (non-hydrogen) atoms. The van der Waals surface area contributed by atoms with Gasteiger partial charge in [0.2, 0.25) is 0 Å². The molecule has 0 fully saturated rings. The summed E-state index contributed by atoms with van der Waals surface area (Å²) in [5, 5.41) is 12.5. The van der Waals surface area contributed by atoms with Crippen LogP contribution in [0.2, 0.25) is 0 Å². The molecule has 2 heteroatoms. The van der Waals surface area contributed by atoms with Crippen molar-refractivity contribution in [1.29, 1.82) is 0 Å². The van der Waals surface area contributed by atoms with Crippen molar-refractivity contribution < 1.29 is 4.42 Å². The predicted octanol–water partition coefficient (Wildman–Crippen LogP) is 16.7. The van der Waals surface area contributed by atoms with Crippen LogP contribution in [0.1, 0.15) is 25.0 Å². The third-order valence-electron chi connectivity index (χ3n) is 13.3. The van der Waals surface area contributed by atoms with E-state index >= 15 is 0 Å². The van der Waals surface area contributed by atoms with Crippen LogP contribution in [-0.2, 0) is 5.41 Å². The first kappa shape index (κ1) is 33.0. The van der Waals surface area contributed by atoms with Crippen LogP contribution in [0.5, 0.6) is 0 Å². The van der Waals surface area contributed by atoms with E-state index in [0.717, 1.165) is 11.2 Å². The molecule has 0 bridgehead atoms. The molecule has 12 aromatic rings. The lowest BCUT2D eigenvalue weighted by Crippen LogP contribution is -2.14. The molecule has 0 unspecified atom stereocenters. The van der Waals surface area contributed by atoms with E-state index in [1.807, 2.05) is 11.3 Å². The molecule has 1 aliphatic carbocycles. The largest absolute Gasteiger partial charge is 0.456 e. The zero-order valence-electron chi connectivity index (χ0n) is 32.6. The Morgan fingerprint density at radius 1 is 0.356 bits per heavy atom. The van der Waals surface area contributed by atoms with E-state index in [1.54, 1.807) is 0 Å². The van der Waals surface area contributed by atoms with Crippen LogP contribution >= 0.6 is 11.3 Å². The minimum atomic E-state index is -0.0775. The molecule has 0 saturated heterocycles. The Kier molecular flexibility index (Phi) is 6.73. The maximum absolute atomic E-state index is 6.81. The van der Waals surface area contributed by atoms with Gasteiger partial charge in [0, 0.05) is 36.4 Å². The van der Waals surface area contributed by atoms with Gasteiger partial charge >= 0.3 is 0 Å². The van der Waals surface area contributed by atoms with Crippen LogP contribution in [0, 0.1) is 0 Å². The number of benzene rings is 10. The van der Waals surface area contributed by atoms with Crippen LogP contribution in [-0.4, -0.2) is 0 Å². The second-order valence-electron chi connectivity index (χ2n) is 16.7. The molecular weight excluding hydrogens is 733 g/mol. The summed E-state index contributed by atoms with van der Waals surface area (Å²) >= 11 is 1.87. The number of furan rings is 1. The standard InChI is InChI=1S/C57H36OS/c1-57(2)48-21-11-9-14-37(48)45-32-50-47(30-49(45)57)56-39-16-4-3-13-36(39)44(31-51(56)58-50)33-23-25-34(26-24-33)54-40-17-5-7-19-42(40)55(43-20-8-6-18-41(43)54)35-27-28-53-46(29-35)38-15-10-12-22-52(38)59-53/h3-32H,1-2H3. The molecule has 1 aliphatic rings. The van der Waals surface area contributed by atoms with Gasteiger partial charge in [0.25, 0.3) is 0 Å². The number of thiophene rings is 1. The highest BCUT2D eigenvalue weighted by molar-refractivity contribution is 7.25. The normalized spacial score (nSPS) is 13.4. The van der Waals surface area contributed by atoms with Crippen molar-refractivity contribution in [2.45, 2.75) is 19.3 Å². The minimum Gasteiger partial charge on any atom is -0.456 e. The molecule has 10 aromatic carbocycles. The second kappa shape index (κ2) is 12.0. The molecule has 0 spiro atoms. The zero-order valence-corrected chi connectivity index (χ0v) is 33.5. The minimum absolute atomic E-state index is 0.0775. The van der Waals surface area contributed by atoms with Gasteiger partial charge in [-0.25, -0.2) is 0 Å². The lowest BCUT2D eigenvalue weighted by atomic mass is 9.82. The summed E-state index contributed by atoms with van der Waals surface area (Å²) in [5.74, 6) is 0. The van der Waals surface area contributed by atoms with Crippen molar-refractivity contribution in [3.63, 3.8) is 0 Å². The third-order valence-corrected chi connectivity index (χ3v) is 14.4. The summed E-state index contributed by atoms with van der Waals surface area (Å²) in [4.78, 5) is 0. The summed E-state index contributed by atoms with van der Waals surface area (Å²) in [6, 6.07) is 67.5. The van der Waals surface area contributed by atoms with Crippen molar-refractivity contribution in [3.8, 4) is 44.5 Å². The van der Waals surface area contributed by atoms with Crippen molar-refractivity contribution in [1.82, 2.24) is 0 Å². The molecule has 13 rings (SSSR count). The van der Waals surface area contributed by atoms with E-state index in [4.69, 9.17) is 4.42 Å². The van der Waals surface area contributed by atoms with Crippen molar-refractivity contribution in [2.24, 2.45) is 0 Å². The van der Waals surface area contributed by atoms with Crippen LogP contribution in [0.25, 0.3) is 119 Å². The number of fused-ring (bicyclic) bond motifs is 13. The lowest BCUT2D eigenvalue weighted by Gasteiger charge is -2.21. The molecule has 276 valence electrons. The van der Waals surface area contributed by atoms with E-state index in [0.29, 0.717) is 0 Å². The molecular formula is C57H36OS. The third kappa shape index (κ3) is 4.61. The van der Waals surface area contributed by atoms with Gasteiger partial charge in [-0.3, -0.25) is 0 Å². The Morgan fingerprint density at radius 2 is 0.898 bits per heavy atom. The average molecular weight is 769 g/mol. The van der Waals surface area contributed by atoms with Gasteiger partial charge in [-0.1, -0.05) is 159 Å². The summed E-state index contributed by atoms with van der Waals surface area (Å²) < 4.78 is 9.46. The molecule has 2 aromatic heterocycles. The Labute approximate surface area is 345 Å². The molecule has 0 amide bonds.